The molecule has 0 aliphatic rings. The number of anilines is 2. The van der Waals surface area contributed by atoms with Crippen molar-refractivity contribution in [3.63, 3.8) is 0 Å². The number of rotatable bonds is 4. The van der Waals surface area contributed by atoms with E-state index in [-0.39, 0.29) is 0 Å². The van der Waals surface area contributed by atoms with Crippen molar-refractivity contribution in [1.82, 2.24) is 15.0 Å². The summed E-state index contributed by atoms with van der Waals surface area (Å²) < 4.78 is 1.14. The van der Waals surface area contributed by atoms with Crippen molar-refractivity contribution in [2.24, 2.45) is 0 Å². The number of fused-ring (bicyclic) bond motifs is 1. The highest BCUT2D eigenvalue weighted by atomic mass is 35.5. The molecule has 0 atom stereocenters. The summed E-state index contributed by atoms with van der Waals surface area (Å²) in [4.78, 5) is 12.9. The molecule has 2 heterocycles. The van der Waals surface area contributed by atoms with E-state index in [2.05, 4.69) is 33.3 Å². The van der Waals surface area contributed by atoms with E-state index < -0.39 is 0 Å². The molecule has 1 aromatic carbocycles. The van der Waals surface area contributed by atoms with Crippen LogP contribution in [0, 0.1) is 0 Å². The summed E-state index contributed by atoms with van der Waals surface area (Å²) in [5.74, 6) is 1.48. The number of halogens is 1. The number of benzene rings is 1. The van der Waals surface area contributed by atoms with Gasteiger partial charge in [0.25, 0.3) is 0 Å². The molecule has 0 spiro atoms. The van der Waals surface area contributed by atoms with Gasteiger partial charge in [-0.15, -0.1) is 11.3 Å². The number of thiazole rings is 1. The number of hydrogen-bond donors (Lipinski definition) is 1. The predicted octanol–water partition coefficient (Wildman–Crippen LogP) is 4.44. The lowest BCUT2D eigenvalue weighted by Gasteiger charge is -2.07. The summed E-state index contributed by atoms with van der Waals surface area (Å²) in [5, 5.41) is 3.73. The third-order valence-electron chi connectivity index (χ3n) is 2.82. The molecular weight excluding hydrogens is 292 g/mol. The lowest BCUT2D eigenvalue weighted by molar-refractivity contribution is 0.837. The van der Waals surface area contributed by atoms with Crippen molar-refractivity contribution in [3.05, 3.63) is 40.8 Å². The molecule has 0 radical (unpaired) electrons. The maximum absolute atomic E-state index is 6.03. The summed E-state index contributed by atoms with van der Waals surface area (Å²) in [6.07, 6.45) is 1.82. The molecular formula is C14H13ClN4S. The van der Waals surface area contributed by atoms with Gasteiger partial charge in [-0.1, -0.05) is 18.5 Å². The number of nitrogens with one attached hydrogen (secondary N) is 1. The maximum atomic E-state index is 6.03. The third kappa shape index (κ3) is 2.89. The second-order valence-electron chi connectivity index (χ2n) is 4.40. The van der Waals surface area contributed by atoms with Gasteiger partial charge in [0.2, 0.25) is 0 Å². The quantitative estimate of drug-likeness (QED) is 0.724. The van der Waals surface area contributed by atoms with Crippen LogP contribution in [0.15, 0.2) is 29.8 Å². The van der Waals surface area contributed by atoms with Crippen molar-refractivity contribution in [2.75, 3.05) is 5.32 Å². The van der Waals surface area contributed by atoms with Crippen molar-refractivity contribution < 1.29 is 0 Å². The van der Waals surface area contributed by atoms with Crippen molar-refractivity contribution in [3.8, 4) is 0 Å². The average molecular weight is 305 g/mol. The first-order chi connectivity index (χ1) is 9.74. The van der Waals surface area contributed by atoms with Crippen LogP contribution in [0.25, 0.3) is 10.2 Å². The molecule has 0 aliphatic carbocycles. The highest BCUT2D eigenvalue weighted by Crippen LogP contribution is 2.24. The van der Waals surface area contributed by atoms with Crippen LogP contribution >= 0.6 is 22.9 Å². The summed E-state index contributed by atoms with van der Waals surface area (Å²) in [7, 11) is 0. The van der Waals surface area contributed by atoms with E-state index in [1.807, 2.05) is 17.6 Å². The molecule has 0 amide bonds. The van der Waals surface area contributed by atoms with E-state index in [0.29, 0.717) is 5.15 Å². The molecule has 0 saturated carbocycles. The minimum Gasteiger partial charge on any atom is -0.340 e. The van der Waals surface area contributed by atoms with E-state index in [9.17, 15) is 0 Å². The zero-order valence-electron chi connectivity index (χ0n) is 10.9. The number of aryl methyl sites for hydroxylation is 1. The van der Waals surface area contributed by atoms with Crippen LogP contribution in [0.3, 0.4) is 0 Å². The van der Waals surface area contributed by atoms with Crippen LogP contribution in [0.4, 0.5) is 11.5 Å². The standard InChI is InChI=1S/C14H13ClN4S/c1-2-3-13-18-12(15)7-14(19-13)17-9-4-5-10-11(6-9)20-8-16-10/h4-8H,2-3H2,1H3,(H,17,18,19). The molecule has 4 nitrogen and oxygen atoms in total. The third-order valence-corrected chi connectivity index (χ3v) is 3.80. The van der Waals surface area contributed by atoms with Gasteiger partial charge in [-0.05, 0) is 24.6 Å². The summed E-state index contributed by atoms with van der Waals surface area (Å²) in [6, 6.07) is 7.77. The lowest BCUT2D eigenvalue weighted by atomic mass is 10.3. The fourth-order valence-corrected chi connectivity index (χ4v) is 2.86. The zero-order chi connectivity index (χ0) is 13.9. The normalized spacial score (nSPS) is 10.9. The van der Waals surface area contributed by atoms with Crippen LogP contribution in [-0.4, -0.2) is 15.0 Å². The first kappa shape index (κ1) is 13.3. The smallest absolute Gasteiger partial charge is 0.135 e. The summed E-state index contributed by atoms with van der Waals surface area (Å²) in [6.45, 7) is 2.09. The Bertz CT molecular complexity index is 741. The largest absolute Gasteiger partial charge is 0.340 e. The van der Waals surface area contributed by atoms with Crippen LogP contribution in [0.5, 0.6) is 0 Å². The number of nitrogens with zero attached hydrogens (tertiary/aromatic N) is 3. The fraction of sp³-hybridized carbons (Fsp3) is 0.214. The first-order valence-electron chi connectivity index (χ1n) is 6.38. The fourth-order valence-electron chi connectivity index (χ4n) is 1.94. The van der Waals surface area contributed by atoms with Crippen LogP contribution < -0.4 is 5.32 Å². The average Bonchev–Trinajstić information content (AvgIpc) is 2.85. The molecule has 0 bridgehead atoms. The minimum atomic E-state index is 0.463. The van der Waals surface area contributed by atoms with Gasteiger partial charge in [-0.2, -0.15) is 0 Å². The minimum absolute atomic E-state index is 0.463. The van der Waals surface area contributed by atoms with E-state index in [1.165, 1.54) is 0 Å². The van der Waals surface area contributed by atoms with Gasteiger partial charge in [-0.25, -0.2) is 15.0 Å². The molecule has 6 heteroatoms. The first-order valence-corrected chi connectivity index (χ1v) is 7.64. The Kier molecular flexibility index (Phi) is 3.80. The summed E-state index contributed by atoms with van der Waals surface area (Å²) >= 11 is 7.65. The van der Waals surface area contributed by atoms with Crippen molar-refractivity contribution in [1.29, 1.82) is 0 Å². The molecule has 0 saturated heterocycles. The molecule has 0 fully saturated rings. The van der Waals surface area contributed by atoms with Crippen LogP contribution in [0.2, 0.25) is 5.15 Å². The van der Waals surface area contributed by atoms with E-state index >= 15 is 0 Å². The molecule has 3 rings (SSSR count). The maximum Gasteiger partial charge on any atom is 0.135 e. The number of aromatic nitrogens is 3. The molecule has 3 aromatic rings. The van der Waals surface area contributed by atoms with E-state index in [4.69, 9.17) is 11.6 Å². The predicted molar refractivity (Wildman–Crippen MR) is 83.9 cm³/mol. The van der Waals surface area contributed by atoms with Gasteiger partial charge in [0.05, 0.1) is 15.7 Å². The monoisotopic (exact) mass is 304 g/mol. The Balaban J connectivity index is 1.89. The molecule has 102 valence electrons. The van der Waals surface area contributed by atoms with Crippen molar-refractivity contribution in [2.45, 2.75) is 19.8 Å². The Labute approximate surface area is 125 Å². The van der Waals surface area contributed by atoms with Gasteiger partial charge >= 0.3 is 0 Å². The molecule has 2 aromatic heterocycles. The van der Waals surface area contributed by atoms with Gasteiger partial charge in [0.1, 0.15) is 16.8 Å². The molecule has 0 aliphatic heterocycles. The number of hydrogen-bond acceptors (Lipinski definition) is 5. The second kappa shape index (κ2) is 5.73. The Hall–Kier alpha value is -1.72. The Morgan fingerprint density at radius 1 is 1.25 bits per heavy atom. The Morgan fingerprint density at radius 3 is 3.00 bits per heavy atom. The molecule has 1 N–H and O–H groups in total. The van der Waals surface area contributed by atoms with Gasteiger partial charge in [-0.3, -0.25) is 0 Å². The van der Waals surface area contributed by atoms with Gasteiger partial charge < -0.3 is 5.32 Å². The molecule has 20 heavy (non-hydrogen) atoms. The highest BCUT2D eigenvalue weighted by molar-refractivity contribution is 7.16. The van der Waals surface area contributed by atoms with Crippen molar-refractivity contribution >= 4 is 44.7 Å². The lowest BCUT2D eigenvalue weighted by Crippen LogP contribution is -2.00. The SMILES string of the molecule is CCCc1nc(Cl)cc(Nc2ccc3ncsc3c2)n1. The van der Waals surface area contributed by atoms with Crippen LogP contribution in [-0.2, 0) is 6.42 Å². The van der Waals surface area contributed by atoms with E-state index in [0.717, 1.165) is 40.4 Å². The van der Waals surface area contributed by atoms with Gasteiger partial charge in [0, 0.05) is 18.2 Å². The second-order valence-corrected chi connectivity index (χ2v) is 5.68. The zero-order valence-corrected chi connectivity index (χ0v) is 12.5. The van der Waals surface area contributed by atoms with Gasteiger partial charge in [0.15, 0.2) is 0 Å². The topological polar surface area (TPSA) is 50.7 Å². The summed E-state index contributed by atoms with van der Waals surface area (Å²) in [5.41, 5.74) is 3.82. The van der Waals surface area contributed by atoms with Crippen LogP contribution in [0.1, 0.15) is 19.2 Å². The highest BCUT2D eigenvalue weighted by Gasteiger charge is 2.04. The molecule has 0 unspecified atom stereocenters. The van der Waals surface area contributed by atoms with E-state index in [1.54, 1.807) is 17.4 Å². The Morgan fingerprint density at radius 2 is 2.15 bits per heavy atom.